The number of carbonyl (C=O) groups excluding carboxylic acids is 1. The molecule has 2 atom stereocenters. The van der Waals surface area contributed by atoms with Crippen molar-refractivity contribution in [3.8, 4) is 0 Å². The summed E-state index contributed by atoms with van der Waals surface area (Å²) in [6.07, 6.45) is 2.14. The van der Waals surface area contributed by atoms with Crippen LogP contribution in [0.5, 0.6) is 0 Å². The summed E-state index contributed by atoms with van der Waals surface area (Å²) in [6.45, 7) is 5.01. The number of hydrogen-bond donors (Lipinski definition) is 1. The Morgan fingerprint density at radius 1 is 1.56 bits per heavy atom. The van der Waals surface area contributed by atoms with Crippen LogP contribution in [0.4, 0.5) is 0 Å². The van der Waals surface area contributed by atoms with E-state index in [-0.39, 0.29) is 18.1 Å². The molecule has 0 aliphatic carbocycles. The van der Waals surface area contributed by atoms with Crippen LogP contribution in [0, 0.1) is 5.92 Å². The lowest BCUT2D eigenvalue weighted by Gasteiger charge is -2.22. The van der Waals surface area contributed by atoms with E-state index in [0.29, 0.717) is 5.92 Å². The maximum atomic E-state index is 12.4. The van der Waals surface area contributed by atoms with Gasteiger partial charge in [-0.2, -0.15) is 11.8 Å². The van der Waals surface area contributed by atoms with Crippen LogP contribution in [0.2, 0.25) is 0 Å². The van der Waals surface area contributed by atoms with Gasteiger partial charge in [-0.1, -0.05) is 19.9 Å². The molecule has 0 bridgehead atoms. The van der Waals surface area contributed by atoms with Crippen LogP contribution in [0.3, 0.4) is 0 Å². The van der Waals surface area contributed by atoms with E-state index in [0.717, 1.165) is 12.3 Å². The first-order valence-corrected chi connectivity index (χ1v) is 8.51. The van der Waals surface area contributed by atoms with Crippen molar-refractivity contribution in [2.45, 2.75) is 26.1 Å². The predicted octanol–water partition coefficient (Wildman–Crippen LogP) is 2.57. The van der Waals surface area contributed by atoms with Crippen molar-refractivity contribution >= 4 is 29.0 Å². The second-order valence-corrected chi connectivity index (χ2v) is 6.80. The Bertz CT molecular complexity index is 392. The highest BCUT2D eigenvalue weighted by Gasteiger charge is 2.40. The average molecular weight is 284 g/mol. The van der Waals surface area contributed by atoms with Crippen LogP contribution in [0.25, 0.3) is 0 Å². The molecular formula is C13H20N2OS2. The zero-order valence-corrected chi connectivity index (χ0v) is 12.7. The largest absolute Gasteiger partial charge is 0.320 e. The second-order valence-electron chi connectivity index (χ2n) is 4.83. The van der Waals surface area contributed by atoms with Gasteiger partial charge >= 0.3 is 0 Å². The van der Waals surface area contributed by atoms with Crippen molar-refractivity contribution < 1.29 is 4.79 Å². The van der Waals surface area contributed by atoms with Crippen LogP contribution in [0.15, 0.2) is 17.5 Å². The summed E-state index contributed by atoms with van der Waals surface area (Å²) >= 11 is 3.49. The molecule has 1 aromatic rings. The van der Waals surface area contributed by atoms with Crippen molar-refractivity contribution in [3.63, 3.8) is 0 Å². The van der Waals surface area contributed by atoms with Gasteiger partial charge < -0.3 is 4.90 Å². The normalized spacial score (nSPS) is 24.2. The summed E-state index contributed by atoms with van der Waals surface area (Å²) in [5, 5.41) is 5.55. The zero-order chi connectivity index (χ0) is 13.1. The SMILES string of the molecule is CSCCN1C(=O)C(C(C)C)NC1c1cccs1. The van der Waals surface area contributed by atoms with Gasteiger partial charge in [-0.3, -0.25) is 10.1 Å². The Morgan fingerprint density at radius 3 is 2.89 bits per heavy atom. The highest BCUT2D eigenvalue weighted by Crippen LogP contribution is 2.30. The van der Waals surface area contributed by atoms with Gasteiger partial charge in [0, 0.05) is 17.2 Å². The molecular weight excluding hydrogens is 264 g/mol. The molecule has 2 unspecified atom stereocenters. The van der Waals surface area contributed by atoms with Gasteiger partial charge in [0.25, 0.3) is 0 Å². The number of hydrogen-bond acceptors (Lipinski definition) is 4. The van der Waals surface area contributed by atoms with Gasteiger partial charge in [0.05, 0.1) is 6.04 Å². The summed E-state index contributed by atoms with van der Waals surface area (Å²) < 4.78 is 0. The summed E-state index contributed by atoms with van der Waals surface area (Å²) in [7, 11) is 0. The van der Waals surface area contributed by atoms with Gasteiger partial charge in [-0.15, -0.1) is 11.3 Å². The zero-order valence-electron chi connectivity index (χ0n) is 11.1. The fourth-order valence-corrected chi connectivity index (χ4v) is 3.40. The van der Waals surface area contributed by atoms with E-state index in [4.69, 9.17) is 0 Å². The third-order valence-corrected chi connectivity index (χ3v) is 4.73. The molecule has 2 heterocycles. The standard InChI is InChI=1S/C13H20N2OS2/c1-9(2)11-13(16)15(6-8-17-3)12(14-11)10-5-4-7-18-10/h4-5,7,9,11-12,14H,6,8H2,1-3H3. The minimum Gasteiger partial charge on any atom is -0.320 e. The molecule has 1 aliphatic rings. The molecule has 100 valence electrons. The monoisotopic (exact) mass is 284 g/mol. The molecule has 1 saturated heterocycles. The minimum absolute atomic E-state index is 0.0426. The molecule has 0 radical (unpaired) electrons. The van der Waals surface area contributed by atoms with Crippen LogP contribution in [-0.4, -0.2) is 35.4 Å². The minimum atomic E-state index is -0.0426. The van der Waals surface area contributed by atoms with E-state index in [1.54, 1.807) is 23.1 Å². The summed E-state index contributed by atoms with van der Waals surface area (Å²) in [5.41, 5.74) is 0. The third kappa shape index (κ3) is 2.73. The molecule has 2 rings (SSSR count). The van der Waals surface area contributed by atoms with Crippen LogP contribution in [0.1, 0.15) is 24.9 Å². The van der Waals surface area contributed by atoms with Gasteiger partial charge in [0.2, 0.25) is 5.91 Å². The Morgan fingerprint density at radius 2 is 2.33 bits per heavy atom. The fourth-order valence-electron chi connectivity index (χ4n) is 2.23. The summed E-state index contributed by atoms with van der Waals surface area (Å²) in [5.74, 6) is 1.57. The number of carbonyl (C=O) groups is 1. The van der Waals surface area contributed by atoms with Gasteiger partial charge in [0.15, 0.2) is 0 Å². The van der Waals surface area contributed by atoms with E-state index in [9.17, 15) is 4.79 Å². The van der Waals surface area contributed by atoms with Crippen molar-refractivity contribution in [1.82, 2.24) is 10.2 Å². The number of rotatable bonds is 5. The molecule has 3 nitrogen and oxygen atoms in total. The van der Waals surface area contributed by atoms with Gasteiger partial charge in [0.1, 0.15) is 6.17 Å². The lowest BCUT2D eigenvalue weighted by atomic mass is 10.1. The highest BCUT2D eigenvalue weighted by molar-refractivity contribution is 7.98. The van der Waals surface area contributed by atoms with Crippen molar-refractivity contribution in [2.75, 3.05) is 18.6 Å². The Balaban J connectivity index is 2.18. The van der Waals surface area contributed by atoms with Gasteiger partial charge in [-0.25, -0.2) is 0 Å². The van der Waals surface area contributed by atoms with Crippen molar-refractivity contribution in [2.24, 2.45) is 5.92 Å². The topological polar surface area (TPSA) is 32.3 Å². The average Bonchev–Trinajstić information content (AvgIpc) is 2.94. The number of thiophene rings is 1. The smallest absolute Gasteiger partial charge is 0.241 e. The molecule has 1 aromatic heterocycles. The molecule has 0 aromatic carbocycles. The second kappa shape index (κ2) is 6.08. The van der Waals surface area contributed by atoms with Crippen LogP contribution < -0.4 is 5.32 Å². The lowest BCUT2D eigenvalue weighted by molar-refractivity contribution is -0.130. The van der Waals surface area contributed by atoms with E-state index >= 15 is 0 Å². The van der Waals surface area contributed by atoms with E-state index < -0.39 is 0 Å². The molecule has 5 heteroatoms. The predicted molar refractivity (Wildman–Crippen MR) is 78.9 cm³/mol. The van der Waals surface area contributed by atoms with E-state index in [1.165, 1.54) is 4.88 Å². The number of nitrogens with zero attached hydrogens (tertiary/aromatic N) is 1. The Hall–Kier alpha value is -0.520. The van der Waals surface area contributed by atoms with Gasteiger partial charge in [-0.05, 0) is 23.6 Å². The van der Waals surface area contributed by atoms with E-state index in [2.05, 4.69) is 36.9 Å². The molecule has 1 N–H and O–H groups in total. The maximum absolute atomic E-state index is 12.4. The molecule has 1 amide bonds. The van der Waals surface area contributed by atoms with Crippen molar-refractivity contribution in [1.29, 1.82) is 0 Å². The number of amides is 1. The summed E-state index contributed by atoms with van der Waals surface area (Å²) in [4.78, 5) is 15.6. The molecule has 18 heavy (non-hydrogen) atoms. The first-order chi connectivity index (χ1) is 8.65. The third-order valence-electron chi connectivity index (χ3n) is 3.21. The first kappa shape index (κ1) is 13.9. The summed E-state index contributed by atoms with van der Waals surface area (Å²) in [6, 6.07) is 4.10. The van der Waals surface area contributed by atoms with E-state index in [1.807, 2.05) is 11.0 Å². The quantitative estimate of drug-likeness (QED) is 0.902. The highest BCUT2D eigenvalue weighted by atomic mass is 32.2. The number of nitrogens with one attached hydrogen (secondary N) is 1. The van der Waals surface area contributed by atoms with Crippen molar-refractivity contribution in [3.05, 3.63) is 22.4 Å². The number of thioether (sulfide) groups is 1. The first-order valence-electron chi connectivity index (χ1n) is 6.24. The van der Waals surface area contributed by atoms with Crippen LogP contribution >= 0.6 is 23.1 Å². The Kier molecular flexibility index (Phi) is 4.70. The van der Waals surface area contributed by atoms with Crippen LogP contribution in [-0.2, 0) is 4.79 Å². The molecule has 0 saturated carbocycles. The molecule has 0 spiro atoms. The maximum Gasteiger partial charge on any atom is 0.241 e. The molecule has 1 fully saturated rings. The molecule has 1 aliphatic heterocycles. The fraction of sp³-hybridized carbons (Fsp3) is 0.615. The lowest BCUT2D eigenvalue weighted by Crippen LogP contribution is -2.35. The Labute approximate surface area is 117 Å².